The third kappa shape index (κ3) is 1.76. The molecule has 0 atom stereocenters. The summed E-state index contributed by atoms with van der Waals surface area (Å²) in [4.78, 5) is 7.54. The largest absolute Gasteiger partial charge is 0.508 e. The van der Waals surface area contributed by atoms with Gasteiger partial charge in [-0.15, -0.1) is 0 Å². The molecule has 0 saturated carbocycles. The van der Waals surface area contributed by atoms with Crippen LogP contribution in [0.15, 0.2) is 36.4 Å². The number of hydrogen-bond acceptors (Lipinski definition) is 3. The van der Waals surface area contributed by atoms with Gasteiger partial charge in [0.15, 0.2) is 0 Å². The molecule has 5 heteroatoms. The molecule has 0 aliphatic carbocycles. The van der Waals surface area contributed by atoms with Crippen molar-refractivity contribution in [2.24, 2.45) is 0 Å². The van der Waals surface area contributed by atoms with E-state index < -0.39 is 0 Å². The van der Waals surface area contributed by atoms with Crippen LogP contribution in [0.5, 0.6) is 5.75 Å². The monoisotopic (exact) mass is 259 g/mol. The number of nitrogens with one attached hydrogen (secondary N) is 1. The minimum Gasteiger partial charge on any atom is -0.508 e. The van der Waals surface area contributed by atoms with Gasteiger partial charge in [0.2, 0.25) is 0 Å². The van der Waals surface area contributed by atoms with Gasteiger partial charge in [-0.05, 0) is 30.3 Å². The Balaban J connectivity index is 2.19. The highest BCUT2D eigenvalue weighted by Gasteiger charge is 2.09. The maximum atomic E-state index is 9.41. The third-order valence-electron chi connectivity index (χ3n) is 2.71. The molecule has 0 unspecified atom stereocenters. The number of aromatic amines is 1. The Morgan fingerprint density at radius 1 is 1.17 bits per heavy atom. The van der Waals surface area contributed by atoms with E-state index in [1.807, 2.05) is 6.07 Å². The van der Waals surface area contributed by atoms with Crippen molar-refractivity contribution in [3.8, 4) is 17.1 Å². The smallest absolute Gasteiger partial charge is 0.140 e. The van der Waals surface area contributed by atoms with Gasteiger partial charge in [0.1, 0.15) is 11.6 Å². The fourth-order valence-corrected chi connectivity index (χ4v) is 2.13. The van der Waals surface area contributed by atoms with Crippen LogP contribution in [0.25, 0.3) is 22.4 Å². The lowest BCUT2D eigenvalue weighted by Gasteiger charge is -2.01. The highest BCUT2D eigenvalue weighted by atomic mass is 35.5. The third-order valence-corrected chi connectivity index (χ3v) is 3.03. The van der Waals surface area contributed by atoms with Gasteiger partial charge in [-0.3, -0.25) is 0 Å². The molecule has 1 heterocycles. The standard InChI is InChI=1S/C13H10ClN3O/c14-10-5-7(15)1-3-9(10)13-16-11-4-2-8(18)6-12(11)17-13/h1-6,18H,15H2,(H,16,17). The molecule has 2 aromatic carbocycles. The molecule has 18 heavy (non-hydrogen) atoms. The maximum absolute atomic E-state index is 9.41. The fraction of sp³-hybridized carbons (Fsp3) is 0. The molecule has 3 aromatic rings. The number of aromatic nitrogens is 2. The number of rotatable bonds is 1. The number of aromatic hydroxyl groups is 1. The number of phenols is 1. The summed E-state index contributed by atoms with van der Waals surface area (Å²) >= 11 is 6.13. The van der Waals surface area contributed by atoms with Crippen molar-refractivity contribution in [1.29, 1.82) is 0 Å². The number of H-pyrrole nitrogens is 1. The van der Waals surface area contributed by atoms with E-state index in [-0.39, 0.29) is 5.75 Å². The number of fused-ring (bicyclic) bond motifs is 1. The number of halogens is 1. The summed E-state index contributed by atoms with van der Waals surface area (Å²) in [5.41, 5.74) is 8.58. The van der Waals surface area contributed by atoms with Crippen molar-refractivity contribution in [3.63, 3.8) is 0 Å². The SMILES string of the molecule is Nc1ccc(-c2nc3ccc(O)cc3[nH]2)c(Cl)c1. The Morgan fingerprint density at radius 2 is 2.00 bits per heavy atom. The second kappa shape index (κ2) is 3.92. The summed E-state index contributed by atoms with van der Waals surface area (Å²) in [5.74, 6) is 0.849. The summed E-state index contributed by atoms with van der Waals surface area (Å²) in [6, 6.07) is 10.2. The van der Waals surface area contributed by atoms with Crippen molar-refractivity contribution >= 4 is 28.3 Å². The average Bonchev–Trinajstić information content (AvgIpc) is 2.71. The number of hydrogen-bond donors (Lipinski definition) is 3. The van der Waals surface area contributed by atoms with Crippen molar-refractivity contribution in [3.05, 3.63) is 41.4 Å². The highest BCUT2D eigenvalue weighted by Crippen LogP contribution is 2.29. The van der Waals surface area contributed by atoms with Gasteiger partial charge in [-0.1, -0.05) is 11.6 Å². The molecule has 0 amide bonds. The molecule has 0 fully saturated rings. The van der Waals surface area contributed by atoms with Crippen molar-refractivity contribution < 1.29 is 5.11 Å². The molecule has 0 bridgehead atoms. The minimum atomic E-state index is 0.195. The topological polar surface area (TPSA) is 74.9 Å². The number of benzene rings is 2. The van der Waals surface area contributed by atoms with Gasteiger partial charge in [-0.25, -0.2) is 4.98 Å². The van der Waals surface area contributed by atoms with Crippen molar-refractivity contribution in [2.45, 2.75) is 0 Å². The van der Waals surface area contributed by atoms with Crippen LogP contribution in [-0.2, 0) is 0 Å². The summed E-state index contributed by atoms with van der Waals surface area (Å²) in [5, 5.41) is 9.95. The van der Waals surface area contributed by atoms with Gasteiger partial charge in [0, 0.05) is 17.3 Å². The molecule has 3 rings (SSSR count). The van der Waals surface area contributed by atoms with E-state index in [0.717, 1.165) is 16.6 Å². The van der Waals surface area contributed by atoms with Crippen LogP contribution < -0.4 is 5.73 Å². The quantitative estimate of drug-likeness (QED) is 0.588. The Labute approximate surface area is 108 Å². The predicted molar refractivity (Wildman–Crippen MR) is 72.6 cm³/mol. The van der Waals surface area contributed by atoms with E-state index in [1.165, 1.54) is 0 Å². The number of phenolic OH excluding ortho intramolecular Hbond substituents is 1. The Kier molecular flexibility index (Phi) is 2.38. The van der Waals surface area contributed by atoms with E-state index in [2.05, 4.69) is 9.97 Å². The van der Waals surface area contributed by atoms with Crippen LogP contribution in [0.1, 0.15) is 0 Å². The van der Waals surface area contributed by atoms with E-state index in [0.29, 0.717) is 16.5 Å². The van der Waals surface area contributed by atoms with E-state index >= 15 is 0 Å². The zero-order valence-corrected chi connectivity index (χ0v) is 10.1. The molecule has 0 spiro atoms. The van der Waals surface area contributed by atoms with Crippen LogP contribution in [0, 0.1) is 0 Å². The van der Waals surface area contributed by atoms with Gasteiger partial charge < -0.3 is 15.8 Å². The van der Waals surface area contributed by atoms with Crippen LogP contribution in [0.3, 0.4) is 0 Å². The molecule has 0 aliphatic heterocycles. The molecular formula is C13H10ClN3O. The Hall–Kier alpha value is -2.20. The fourth-order valence-electron chi connectivity index (χ4n) is 1.85. The van der Waals surface area contributed by atoms with Gasteiger partial charge in [0.05, 0.1) is 16.1 Å². The molecule has 0 saturated heterocycles. The molecular weight excluding hydrogens is 250 g/mol. The number of nitrogens with two attached hydrogens (primary N) is 1. The van der Waals surface area contributed by atoms with Crippen LogP contribution in [0.4, 0.5) is 5.69 Å². The van der Waals surface area contributed by atoms with E-state index in [4.69, 9.17) is 17.3 Å². The molecule has 4 nitrogen and oxygen atoms in total. The van der Waals surface area contributed by atoms with E-state index in [1.54, 1.807) is 30.3 Å². The normalized spacial score (nSPS) is 10.9. The average molecular weight is 260 g/mol. The van der Waals surface area contributed by atoms with Crippen LogP contribution in [0.2, 0.25) is 5.02 Å². The Morgan fingerprint density at radius 3 is 2.78 bits per heavy atom. The molecule has 4 N–H and O–H groups in total. The summed E-state index contributed by atoms with van der Waals surface area (Å²) in [6.45, 7) is 0. The second-order valence-corrected chi connectivity index (χ2v) is 4.43. The predicted octanol–water partition coefficient (Wildman–Crippen LogP) is 3.17. The lowest BCUT2D eigenvalue weighted by molar-refractivity contribution is 0.476. The highest BCUT2D eigenvalue weighted by molar-refractivity contribution is 6.33. The lowest BCUT2D eigenvalue weighted by Crippen LogP contribution is -1.87. The molecule has 1 aromatic heterocycles. The maximum Gasteiger partial charge on any atom is 0.140 e. The van der Waals surface area contributed by atoms with Crippen LogP contribution >= 0.6 is 11.6 Å². The van der Waals surface area contributed by atoms with Gasteiger partial charge in [-0.2, -0.15) is 0 Å². The zero-order valence-electron chi connectivity index (χ0n) is 9.31. The van der Waals surface area contributed by atoms with Crippen LogP contribution in [-0.4, -0.2) is 15.1 Å². The number of imidazole rings is 1. The number of anilines is 1. The molecule has 0 radical (unpaired) electrons. The van der Waals surface area contributed by atoms with Crippen molar-refractivity contribution in [1.82, 2.24) is 9.97 Å². The zero-order chi connectivity index (χ0) is 12.7. The lowest BCUT2D eigenvalue weighted by atomic mass is 10.2. The first-order chi connectivity index (χ1) is 8.63. The molecule has 90 valence electrons. The van der Waals surface area contributed by atoms with Gasteiger partial charge in [0.25, 0.3) is 0 Å². The van der Waals surface area contributed by atoms with Gasteiger partial charge >= 0.3 is 0 Å². The number of nitrogen functional groups attached to an aromatic ring is 1. The number of nitrogens with zero attached hydrogens (tertiary/aromatic N) is 1. The summed E-state index contributed by atoms with van der Waals surface area (Å²) in [7, 11) is 0. The van der Waals surface area contributed by atoms with E-state index in [9.17, 15) is 5.11 Å². The summed E-state index contributed by atoms with van der Waals surface area (Å²) < 4.78 is 0. The minimum absolute atomic E-state index is 0.195. The second-order valence-electron chi connectivity index (χ2n) is 4.03. The summed E-state index contributed by atoms with van der Waals surface area (Å²) in [6.07, 6.45) is 0. The first-order valence-electron chi connectivity index (χ1n) is 5.37. The van der Waals surface area contributed by atoms with Crippen molar-refractivity contribution in [2.75, 3.05) is 5.73 Å². The first kappa shape index (κ1) is 10.9. The molecule has 0 aliphatic rings. The Bertz CT molecular complexity index is 736. The first-order valence-corrected chi connectivity index (χ1v) is 5.75.